The number of unbranched alkanes of at least 4 members (excludes halogenated alkanes) is 4. The van der Waals surface area contributed by atoms with E-state index in [0.29, 0.717) is 17.7 Å². The first kappa shape index (κ1) is 20.0. The van der Waals surface area contributed by atoms with E-state index in [1.54, 1.807) is 24.3 Å². The van der Waals surface area contributed by atoms with Crippen LogP contribution >= 0.6 is 0 Å². The monoisotopic (exact) mass is 334 g/mol. The molecular weight excluding hydrogens is 304 g/mol. The van der Waals surface area contributed by atoms with E-state index >= 15 is 0 Å². The molecule has 1 aromatic carbocycles. The van der Waals surface area contributed by atoms with Crippen LogP contribution in [0, 0.1) is 0 Å². The largest absolute Gasteiger partial charge is 0.409 e. The smallest absolute Gasteiger partial charge is 0.224 e. The molecule has 0 saturated heterocycles. The minimum atomic E-state index is 0.00879. The number of carbonyl (C=O) groups is 1. The fraction of sp³-hybridized carbons (Fsp3) is 0.556. The number of anilines is 1. The molecule has 0 bridgehead atoms. The number of rotatable bonds is 12. The molecule has 0 radical (unpaired) electrons. The van der Waals surface area contributed by atoms with Crippen LogP contribution in [0.5, 0.6) is 0 Å². The molecule has 0 aromatic heterocycles. The third kappa shape index (κ3) is 8.53. The number of nitrogens with one attached hydrogen (secondary N) is 2. The van der Waals surface area contributed by atoms with Crippen LogP contribution in [0.2, 0.25) is 0 Å². The Bertz CT molecular complexity index is 500. The van der Waals surface area contributed by atoms with Gasteiger partial charge >= 0.3 is 0 Å². The lowest BCUT2D eigenvalue weighted by Gasteiger charge is -2.07. The Labute approximate surface area is 144 Å². The molecule has 6 nitrogen and oxygen atoms in total. The highest BCUT2D eigenvalue weighted by atomic mass is 16.4. The van der Waals surface area contributed by atoms with Gasteiger partial charge in [-0.1, -0.05) is 31.3 Å². The number of hydrogen-bond donors (Lipinski definition) is 4. The van der Waals surface area contributed by atoms with Gasteiger partial charge in [0.25, 0.3) is 0 Å². The maximum atomic E-state index is 11.9. The van der Waals surface area contributed by atoms with E-state index in [4.69, 9.17) is 10.9 Å². The summed E-state index contributed by atoms with van der Waals surface area (Å²) in [5.74, 6) is 0.0598. The van der Waals surface area contributed by atoms with Crippen molar-refractivity contribution in [2.24, 2.45) is 10.9 Å². The second kappa shape index (κ2) is 12.4. The molecule has 0 aliphatic rings. The van der Waals surface area contributed by atoms with Crippen molar-refractivity contribution >= 4 is 17.4 Å². The number of carbonyl (C=O) groups excluding carboxylic acids is 1. The number of amides is 1. The number of amidine groups is 1. The summed E-state index contributed by atoms with van der Waals surface area (Å²) in [5, 5.41) is 17.8. The topological polar surface area (TPSA) is 99.7 Å². The highest BCUT2D eigenvalue weighted by Gasteiger charge is 2.03. The van der Waals surface area contributed by atoms with Crippen LogP contribution in [-0.4, -0.2) is 30.0 Å². The molecule has 0 aliphatic heterocycles. The number of hydrogen-bond acceptors (Lipinski definition) is 4. The van der Waals surface area contributed by atoms with Crippen molar-refractivity contribution in [3.8, 4) is 0 Å². The number of nitrogens with two attached hydrogens (primary N) is 1. The predicted molar refractivity (Wildman–Crippen MR) is 98.4 cm³/mol. The van der Waals surface area contributed by atoms with E-state index in [2.05, 4.69) is 22.7 Å². The van der Waals surface area contributed by atoms with E-state index in [0.717, 1.165) is 25.9 Å². The van der Waals surface area contributed by atoms with Crippen LogP contribution in [0.25, 0.3) is 0 Å². The zero-order chi connectivity index (χ0) is 17.6. The molecule has 0 aliphatic carbocycles. The van der Waals surface area contributed by atoms with Gasteiger partial charge in [0, 0.05) is 17.7 Å². The first-order valence-electron chi connectivity index (χ1n) is 8.76. The summed E-state index contributed by atoms with van der Waals surface area (Å²) in [4.78, 5) is 11.9. The fourth-order valence-corrected chi connectivity index (χ4v) is 2.34. The van der Waals surface area contributed by atoms with Crippen LogP contribution in [0.1, 0.15) is 57.4 Å². The predicted octanol–water partition coefficient (Wildman–Crippen LogP) is 3.06. The Kier molecular flexibility index (Phi) is 10.3. The normalized spacial score (nSPS) is 11.5. The Morgan fingerprint density at radius 3 is 2.38 bits per heavy atom. The lowest BCUT2D eigenvalue weighted by atomic mass is 10.2. The highest BCUT2D eigenvalue weighted by Crippen LogP contribution is 2.10. The van der Waals surface area contributed by atoms with Crippen LogP contribution in [0.3, 0.4) is 0 Å². The van der Waals surface area contributed by atoms with Gasteiger partial charge in [0.15, 0.2) is 5.84 Å². The van der Waals surface area contributed by atoms with Gasteiger partial charge in [0.2, 0.25) is 5.91 Å². The number of nitrogens with zero attached hydrogens (tertiary/aromatic N) is 1. The summed E-state index contributed by atoms with van der Waals surface area (Å²) in [6.07, 6.45) is 7.48. The van der Waals surface area contributed by atoms with Crippen LogP contribution < -0.4 is 16.4 Å². The first-order chi connectivity index (χ1) is 11.7. The lowest BCUT2D eigenvalue weighted by Crippen LogP contribution is -2.17. The lowest BCUT2D eigenvalue weighted by molar-refractivity contribution is -0.116. The molecule has 0 fully saturated rings. The molecule has 6 heteroatoms. The Morgan fingerprint density at radius 2 is 1.75 bits per heavy atom. The van der Waals surface area contributed by atoms with Crippen LogP contribution in [0.4, 0.5) is 5.69 Å². The molecule has 134 valence electrons. The van der Waals surface area contributed by atoms with Crippen molar-refractivity contribution < 1.29 is 10.0 Å². The second-order valence-corrected chi connectivity index (χ2v) is 5.88. The molecule has 1 rings (SSSR count). The van der Waals surface area contributed by atoms with Crippen molar-refractivity contribution in [2.75, 3.05) is 18.4 Å². The summed E-state index contributed by atoms with van der Waals surface area (Å²) in [7, 11) is 0. The molecule has 1 aromatic rings. The first-order valence-corrected chi connectivity index (χ1v) is 8.76. The van der Waals surface area contributed by atoms with E-state index in [-0.39, 0.29) is 11.7 Å². The van der Waals surface area contributed by atoms with Gasteiger partial charge in [0.1, 0.15) is 0 Å². The standard InChI is InChI=1S/C18H30N4O2/c1-2-3-4-6-13-20-14-7-5-8-17(23)21-16-11-9-15(10-12-16)18(19)22-24/h9-12,20,24H,2-8,13-14H2,1H3,(H2,19,22)(H,21,23). The summed E-state index contributed by atoms with van der Waals surface area (Å²) in [5.41, 5.74) is 6.82. The SMILES string of the molecule is CCCCCCNCCCCC(=O)Nc1ccc(/C(N)=N/O)cc1. The molecule has 1 amide bonds. The van der Waals surface area contributed by atoms with Crippen LogP contribution in [0.15, 0.2) is 29.4 Å². The Morgan fingerprint density at radius 1 is 1.08 bits per heavy atom. The molecule has 0 saturated carbocycles. The summed E-state index contributed by atoms with van der Waals surface area (Å²) < 4.78 is 0. The number of benzene rings is 1. The van der Waals surface area contributed by atoms with Crippen molar-refractivity contribution in [3.63, 3.8) is 0 Å². The third-order valence-corrected chi connectivity index (χ3v) is 3.79. The van der Waals surface area contributed by atoms with Gasteiger partial charge in [-0.25, -0.2) is 0 Å². The third-order valence-electron chi connectivity index (χ3n) is 3.79. The van der Waals surface area contributed by atoms with E-state index < -0.39 is 0 Å². The van der Waals surface area contributed by atoms with Gasteiger partial charge < -0.3 is 21.6 Å². The van der Waals surface area contributed by atoms with Gasteiger partial charge in [-0.2, -0.15) is 0 Å². The summed E-state index contributed by atoms with van der Waals surface area (Å²) >= 11 is 0. The number of oxime groups is 1. The summed E-state index contributed by atoms with van der Waals surface area (Å²) in [6, 6.07) is 6.88. The van der Waals surface area contributed by atoms with Gasteiger partial charge in [-0.05, 0) is 56.6 Å². The van der Waals surface area contributed by atoms with Gasteiger partial charge in [0.05, 0.1) is 0 Å². The van der Waals surface area contributed by atoms with Crippen molar-refractivity contribution in [3.05, 3.63) is 29.8 Å². The Balaban J connectivity index is 2.11. The maximum Gasteiger partial charge on any atom is 0.224 e. The molecule has 0 heterocycles. The highest BCUT2D eigenvalue weighted by molar-refractivity contribution is 5.98. The summed E-state index contributed by atoms with van der Waals surface area (Å²) in [6.45, 7) is 4.25. The Hall–Kier alpha value is -2.08. The van der Waals surface area contributed by atoms with E-state index in [1.165, 1.54) is 25.7 Å². The van der Waals surface area contributed by atoms with Gasteiger partial charge in [-0.15, -0.1) is 0 Å². The zero-order valence-electron chi connectivity index (χ0n) is 14.6. The van der Waals surface area contributed by atoms with E-state index in [1.807, 2.05) is 0 Å². The molecule has 0 spiro atoms. The van der Waals surface area contributed by atoms with Gasteiger partial charge in [-0.3, -0.25) is 4.79 Å². The second-order valence-electron chi connectivity index (χ2n) is 5.88. The average molecular weight is 334 g/mol. The van der Waals surface area contributed by atoms with Crippen LogP contribution in [-0.2, 0) is 4.79 Å². The average Bonchev–Trinajstić information content (AvgIpc) is 2.60. The minimum absolute atomic E-state index is 0.00879. The molecular formula is C18H30N4O2. The molecule has 0 atom stereocenters. The van der Waals surface area contributed by atoms with E-state index in [9.17, 15) is 4.79 Å². The molecule has 5 N–H and O–H groups in total. The van der Waals surface area contributed by atoms with Crippen molar-refractivity contribution in [1.29, 1.82) is 0 Å². The quantitative estimate of drug-likeness (QED) is 0.155. The molecule has 24 heavy (non-hydrogen) atoms. The van der Waals surface area contributed by atoms with Crippen molar-refractivity contribution in [2.45, 2.75) is 51.9 Å². The minimum Gasteiger partial charge on any atom is -0.409 e. The fourth-order valence-electron chi connectivity index (χ4n) is 2.34. The van der Waals surface area contributed by atoms with Crippen molar-refractivity contribution in [1.82, 2.24) is 5.32 Å². The molecule has 0 unspecified atom stereocenters. The zero-order valence-corrected chi connectivity index (χ0v) is 14.6. The maximum absolute atomic E-state index is 11.9.